The first-order valence-electron chi connectivity index (χ1n) is 8.51. The molecule has 26 heavy (non-hydrogen) atoms. The molecule has 0 radical (unpaired) electrons. The third kappa shape index (κ3) is 3.28. The van der Waals surface area contributed by atoms with Crippen molar-refractivity contribution in [3.8, 4) is 0 Å². The van der Waals surface area contributed by atoms with E-state index in [0.29, 0.717) is 17.8 Å². The average Bonchev–Trinajstić information content (AvgIpc) is 3.11. The van der Waals surface area contributed by atoms with Crippen molar-refractivity contribution < 1.29 is 9.90 Å². The molecule has 0 amide bonds. The summed E-state index contributed by atoms with van der Waals surface area (Å²) < 4.78 is 1.60. The number of aromatic nitrogens is 2. The predicted octanol–water partition coefficient (Wildman–Crippen LogP) is 3.65. The number of hydrogen-bond donors (Lipinski definition) is 1. The lowest BCUT2D eigenvalue weighted by Crippen LogP contribution is -2.35. The highest BCUT2D eigenvalue weighted by Crippen LogP contribution is 2.31. The van der Waals surface area contributed by atoms with E-state index in [0.717, 1.165) is 11.1 Å². The molecule has 0 spiro atoms. The van der Waals surface area contributed by atoms with Gasteiger partial charge in [-0.25, -0.2) is 4.79 Å². The van der Waals surface area contributed by atoms with E-state index in [9.17, 15) is 9.90 Å². The summed E-state index contributed by atoms with van der Waals surface area (Å²) in [6.45, 7) is 1.82. The van der Waals surface area contributed by atoms with Gasteiger partial charge in [-0.05, 0) is 12.5 Å². The molecule has 1 atom stereocenters. The number of carboxylic acid groups (broad SMARTS) is 1. The maximum Gasteiger partial charge on any atom is 0.337 e. The standard InChI is InChI=1S/C21H21N3O2/c1-3-21(20(25)26,18-14-15-24(2)23-18)22-19(16-10-6-4-7-11-16)17-12-8-5-9-13-17/h4-15H,3H2,1-2H3,(H,25,26). The number of aliphatic imine (C=N–C) groups is 1. The van der Waals surface area contributed by atoms with Gasteiger partial charge in [0.1, 0.15) is 5.69 Å². The van der Waals surface area contributed by atoms with Gasteiger partial charge < -0.3 is 5.11 Å². The van der Waals surface area contributed by atoms with E-state index in [-0.39, 0.29) is 0 Å². The van der Waals surface area contributed by atoms with E-state index in [2.05, 4.69) is 5.10 Å². The third-order valence-electron chi connectivity index (χ3n) is 4.40. The monoisotopic (exact) mass is 347 g/mol. The summed E-state index contributed by atoms with van der Waals surface area (Å²) in [5.74, 6) is -1.01. The third-order valence-corrected chi connectivity index (χ3v) is 4.40. The Labute approximate surface area is 152 Å². The summed E-state index contributed by atoms with van der Waals surface area (Å²) in [6, 6.07) is 21.0. The number of benzene rings is 2. The zero-order valence-electron chi connectivity index (χ0n) is 14.8. The van der Waals surface area contributed by atoms with Gasteiger partial charge in [0.15, 0.2) is 0 Å². The minimum absolute atomic E-state index is 0.294. The number of carboxylic acids is 1. The van der Waals surface area contributed by atoms with Gasteiger partial charge in [0.2, 0.25) is 5.54 Å². The molecule has 2 aromatic carbocycles. The van der Waals surface area contributed by atoms with Gasteiger partial charge >= 0.3 is 5.97 Å². The Morgan fingerprint density at radius 2 is 1.58 bits per heavy atom. The first-order chi connectivity index (χ1) is 12.6. The van der Waals surface area contributed by atoms with Gasteiger partial charge in [-0.2, -0.15) is 5.10 Å². The Bertz CT molecular complexity index is 875. The van der Waals surface area contributed by atoms with Crippen molar-refractivity contribution in [1.29, 1.82) is 0 Å². The van der Waals surface area contributed by atoms with Crippen LogP contribution in [-0.4, -0.2) is 26.6 Å². The lowest BCUT2D eigenvalue weighted by molar-refractivity contribution is -0.143. The van der Waals surface area contributed by atoms with Gasteiger partial charge in [0.05, 0.1) is 5.71 Å². The lowest BCUT2D eigenvalue weighted by Gasteiger charge is -2.24. The van der Waals surface area contributed by atoms with Gasteiger partial charge in [-0.1, -0.05) is 67.6 Å². The molecule has 0 bridgehead atoms. The van der Waals surface area contributed by atoms with Crippen LogP contribution in [0.1, 0.15) is 30.2 Å². The topological polar surface area (TPSA) is 67.5 Å². The highest BCUT2D eigenvalue weighted by atomic mass is 16.4. The molecule has 0 fully saturated rings. The molecule has 1 heterocycles. The highest BCUT2D eigenvalue weighted by molar-refractivity contribution is 6.13. The fraction of sp³-hybridized carbons (Fsp3) is 0.190. The first kappa shape index (κ1) is 17.6. The van der Waals surface area contributed by atoms with Crippen LogP contribution in [-0.2, 0) is 17.4 Å². The second-order valence-corrected chi connectivity index (χ2v) is 6.09. The van der Waals surface area contributed by atoms with Crippen LogP contribution in [0.3, 0.4) is 0 Å². The van der Waals surface area contributed by atoms with Crippen LogP contribution in [0.15, 0.2) is 77.9 Å². The maximum atomic E-state index is 12.3. The number of hydrogen-bond acceptors (Lipinski definition) is 3. The van der Waals surface area contributed by atoms with E-state index < -0.39 is 11.5 Å². The van der Waals surface area contributed by atoms with Crippen molar-refractivity contribution in [3.05, 3.63) is 89.7 Å². The summed E-state index contributed by atoms with van der Waals surface area (Å²) >= 11 is 0. The van der Waals surface area contributed by atoms with E-state index in [1.54, 1.807) is 24.0 Å². The molecule has 132 valence electrons. The largest absolute Gasteiger partial charge is 0.479 e. The molecule has 1 aromatic heterocycles. The fourth-order valence-corrected chi connectivity index (χ4v) is 2.94. The Hall–Kier alpha value is -3.21. The zero-order valence-corrected chi connectivity index (χ0v) is 14.8. The van der Waals surface area contributed by atoms with E-state index in [1.807, 2.05) is 67.6 Å². The summed E-state index contributed by atoms with van der Waals surface area (Å²) in [6.07, 6.45) is 2.03. The van der Waals surface area contributed by atoms with Gasteiger partial charge in [0, 0.05) is 24.4 Å². The molecule has 0 saturated heterocycles. The summed E-state index contributed by atoms with van der Waals surface area (Å²) in [5, 5.41) is 14.4. The van der Waals surface area contributed by atoms with Gasteiger partial charge in [-0.3, -0.25) is 9.67 Å². The van der Waals surface area contributed by atoms with E-state index in [4.69, 9.17) is 4.99 Å². The maximum absolute atomic E-state index is 12.3. The number of carbonyl (C=O) groups is 1. The molecule has 5 nitrogen and oxygen atoms in total. The number of rotatable bonds is 6. The van der Waals surface area contributed by atoms with E-state index >= 15 is 0 Å². The van der Waals surface area contributed by atoms with Crippen LogP contribution in [0.5, 0.6) is 0 Å². The molecule has 5 heteroatoms. The van der Waals surface area contributed by atoms with E-state index in [1.165, 1.54) is 0 Å². The molecule has 3 rings (SSSR count). The SMILES string of the molecule is CCC(N=C(c1ccccc1)c1ccccc1)(C(=O)O)c1ccn(C)n1. The van der Waals surface area contributed by atoms with Crippen LogP contribution >= 0.6 is 0 Å². The number of aryl methyl sites for hydroxylation is 1. The van der Waals surface area contributed by atoms with Gasteiger partial charge in [0.25, 0.3) is 0 Å². The van der Waals surface area contributed by atoms with Crippen molar-refractivity contribution in [1.82, 2.24) is 9.78 Å². The Morgan fingerprint density at radius 1 is 1.04 bits per heavy atom. The fourth-order valence-electron chi connectivity index (χ4n) is 2.94. The van der Waals surface area contributed by atoms with Crippen LogP contribution in [0.25, 0.3) is 0 Å². The van der Waals surface area contributed by atoms with Crippen LogP contribution in [0.2, 0.25) is 0 Å². The van der Waals surface area contributed by atoms with Gasteiger partial charge in [-0.15, -0.1) is 0 Å². The number of aliphatic carboxylic acids is 1. The van der Waals surface area contributed by atoms with Crippen molar-refractivity contribution in [2.24, 2.45) is 12.0 Å². The quantitative estimate of drug-likeness (QED) is 0.692. The first-order valence-corrected chi connectivity index (χ1v) is 8.51. The zero-order chi connectivity index (χ0) is 18.6. The predicted molar refractivity (Wildman–Crippen MR) is 101 cm³/mol. The van der Waals surface area contributed by atoms with Crippen molar-refractivity contribution >= 4 is 11.7 Å². The average molecular weight is 347 g/mol. The Kier molecular flexibility index (Phi) is 4.98. The Balaban J connectivity index is 2.26. The number of nitrogens with zero attached hydrogens (tertiary/aromatic N) is 3. The Morgan fingerprint density at radius 3 is 1.96 bits per heavy atom. The molecule has 0 aliphatic carbocycles. The lowest BCUT2D eigenvalue weighted by atomic mass is 9.91. The molecule has 0 aliphatic heterocycles. The molecular weight excluding hydrogens is 326 g/mol. The minimum Gasteiger partial charge on any atom is -0.479 e. The summed E-state index contributed by atoms with van der Waals surface area (Å²) in [7, 11) is 1.77. The van der Waals surface area contributed by atoms with Crippen LogP contribution in [0, 0.1) is 0 Å². The molecule has 3 aromatic rings. The minimum atomic E-state index is -1.44. The summed E-state index contributed by atoms with van der Waals surface area (Å²) in [4.78, 5) is 17.1. The molecule has 1 unspecified atom stereocenters. The second-order valence-electron chi connectivity index (χ2n) is 6.09. The van der Waals surface area contributed by atoms with Crippen molar-refractivity contribution in [3.63, 3.8) is 0 Å². The molecule has 1 N–H and O–H groups in total. The molecular formula is C21H21N3O2. The van der Waals surface area contributed by atoms with Crippen molar-refractivity contribution in [2.75, 3.05) is 0 Å². The van der Waals surface area contributed by atoms with Crippen LogP contribution < -0.4 is 0 Å². The van der Waals surface area contributed by atoms with Crippen LogP contribution in [0.4, 0.5) is 0 Å². The van der Waals surface area contributed by atoms with Crippen molar-refractivity contribution in [2.45, 2.75) is 18.9 Å². The normalized spacial score (nSPS) is 13.0. The summed E-state index contributed by atoms with van der Waals surface area (Å²) in [5.41, 5.74) is 1.37. The molecule has 0 aliphatic rings. The molecule has 0 saturated carbocycles. The highest BCUT2D eigenvalue weighted by Gasteiger charge is 2.41. The second kappa shape index (κ2) is 7.35. The smallest absolute Gasteiger partial charge is 0.337 e.